The molecule has 0 aromatic carbocycles. The zero-order valence-corrected chi connectivity index (χ0v) is 8.66. The van der Waals surface area contributed by atoms with E-state index in [4.69, 9.17) is 0 Å². The van der Waals surface area contributed by atoms with Crippen LogP contribution in [0.2, 0.25) is 0 Å². The second-order valence-corrected chi connectivity index (χ2v) is 4.95. The number of hydrogen-bond acceptors (Lipinski definition) is 1. The summed E-state index contributed by atoms with van der Waals surface area (Å²) >= 11 is 0. The predicted molar refractivity (Wildman–Crippen MR) is 50.1 cm³/mol. The van der Waals surface area contributed by atoms with Crippen LogP contribution in [0, 0.1) is 0 Å². The van der Waals surface area contributed by atoms with Crippen LogP contribution >= 0.6 is 0 Å². The van der Waals surface area contributed by atoms with Crippen LogP contribution in [0.15, 0.2) is 0 Å². The molecule has 1 unspecified atom stereocenters. The quantitative estimate of drug-likeness (QED) is 0.672. The van der Waals surface area contributed by atoms with Crippen molar-refractivity contribution in [1.82, 2.24) is 5.32 Å². The van der Waals surface area contributed by atoms with Crippen LogP contribution in [-0.4, -0.2) is 17.5 Å². The molecule has 0 heterocycles. The highest BCUT2D eigenvalue weighted by molar-refractivity contribution is 4.91. The molecule has 0 radical (unpaired) electrons. The number of rotatable bonds is 1. The van der Waals surface area contributed by atoms with E-state index in [9.17, 15) is 8.78 Å². The van der Waals surface area contributed by atoms with Crippen molar-refractivity contribution < 1.29 is 8.78 Å². The third-order valence-corrected chi connectivity index (χ3v) is 2.37. The molecule has 0 aliphatic heterocycles. The molecule has 1 fully saturated rings. The lowest BCUT2D eigenvalue weighted by Crippen LogP contribution is -2.53. The highest BCUT2D eigenvalue weighted by atomic mass is 19.3. The summed E-state index contributed by atoms with van der Waals surface area (Å²) in [6.07, 6.45) is 2.23. The third-order valence-electron chi connectivity index (χ3n) is 2.37. The Bertz CT molecular complexity index is 172. The lowest BCUT2D eigenvalue weighted by Gasteiger charge is -2.36. The van der Waals surface area contributed by atoms with E-state index in [-0.39, 0.29) is 12.0 Å². The van der Waals surface area contributed by atoms with E-state index in [0.717, 1.165) is 6.42 Å². The highest BCUT2D eigenvalue weighted by Crippen LogP contribution is 2.34. The number of alkyl halides is 2. The van der Waals surface area contributed by atoms with Crippen molar-refractivity contribution >= 4 is 0 Å². The fourth-order valence-electron chi connectivity index (χ4n) is 1.80. The molecule has 0 aromatic rings. The fourth-order valence-corrected chi connectivity index (χ4v) is 1.80. The largest absolute Gasteiger partial charge is 0.304 e. The van der Waals surface area contributed by atoms with E-state index in [2.05, 4.69) is 5.32 Å². The molecule has 78 valence electrons. The van der Waals surface area contributed by atoms with Crippen molar-refractivity contribution in [3.05, 3.63) is 0 Å². The first-order valence-corrected chi connectivity index (χ1v) is 4.97. The van der Waals surface area contributed by atoms with Gasteiger partial charge in [-0.2, -0.15) is 0 Å². The average Bonchev–Trinajstić information content (AvgIpc) is 1.91. The first-order valence-electron chi connectivity index (χ1n) is 4.97. The molecule has 3 heteroatoms. The summed E-state index contributed by atoms with van der Waals surface area (Å²) in [6.45, 7) is 5.78. The van der Waals surface area contributed by atoms with Gasteiger partial charge in [-0.3, -0.25) is 0 Å². The van der Waals surface area contributed by atoms with Gasteiger partial charge in [-0.15, -0.1) is 0 Å². The first kappa shape index (κ1) is 10.9. The molecular formula is C10H19F2N. The van der Waals surface area contributed by atoms with E-state index < -0.39 is 12.0 Å². The van der Waals surface area contributed by atoms with Crippen molar-refractivity contribution in [1.29, 1.82) is 0 Å². The number of hydrogen-bond donors (Lipinski definition) is 1. The van der Waals surface area contributed by atoms with Gasteiger partial charge in [0.15, 0.2) is 0 Å². The Morgan fingerprint density at radius 2 is 1.85 bits per heavy atom. The summed E-state index contributed by atoms with van der Waals surface area (Å²) in [4.78, 5) is 0. The van der Waals surface area contributed by atoms with Gasteiger partial charge < -0.3 is 5.32 Å². The Balaban J connectivity index is 2.56. The predicted octanol–water partition coefficient (Wildman–Crippen LogP) is 2.95. The van der Waals surface area contributed by atoms with Crippen LogP contribution in [0.4, 0.5) is 8.78 Å². The van der Waals surface area contributed by atoms with Gasteiger partial charge in [0.25, 0.3) is 5.92 Å². The molecule has 1 aliphatic rings. The van der Waals surface area contributed by atoms with E-state index >= 15 is 0 Å². The topological polar surface area (TPSA) is 12.0 Å². The molecule has 0 spiro atoms. The Morgan fingerprint density at radius 3 is 2.31 bits per heavy atom. The van der Waals surface area contributed by atoms with Gasteiger partial charge in [0.1, 0.15) is 0 Å². The lowest BCUT2D eigenvalue weighted by atomic mass is 9.90. The summed E-state index contributed by atoms with van der Waals surface area (Å²) < 4.78 is 26.7. The van der Waals surface area contributed by atoms with Gasteiger partial charge in [-0.25, -0.2) is 8.78 Å². The Hall–Kier alpha value is -0.180. The molecular weight excluding hydrogens is 172 g/mol. The zero-order chi connectivity index (χ0) is 10.1. The summed E-state index contributed by atoms with van der Waals surface area (Å²) in [5, 5.41) is 3.00. The SMILES string of the molecule is CC(C)(C)NC1CCCCC1(F)F. The van der Waals surface area contributed by atoms with Gasteiger partial charge in [0.05, 0.1) is 6.04 Å². The maximum Gasteiger partial charge on any atom is 0.263 e. The second kappa shape index (κ2) is 3.52. The first-order chi connectivity index (χ1) is 5.81. The zero-order valence-electron chi connectivity index (χ0n) is 8.66. The van der Waals surface area contributed by atoms with Crippen LogP contribution in [-0.2, 0) is 0 Å². The smallest absolute Gasteiger partial charge is 0.263 e. The average molecular weight is 191 g/mol. The maximum atomic E-state index is 13.3. The summed E-state index contributed by atoms with van der Waals surface area (Å²) in [6, 6.07) is -0.624. The van der Waals surface area contributed by atoms with Crippen molar-refractivity contribution in [3.63, 3.8) is 0 Å². The molecule has 1 atom stereocenters. The van der Waals surface area contributed by atoms with Gasteiger partial charge in [-0.1, -0.05) is 6.42 Å². The Kier molecular flexibility index (Phi) is 2.95. The monoisotopic (exact) mass is 191 g/mol. The summed E-state index contributed by atoms with van der Waals surface area (Å²) in [5.41, 5.74) is -0.217. The normalized spacial score (nSPS) is 28.8. The molecule has 0 amide bonds. The van der Waals surface area contributed by atoms with Crippen LogP contribution in [0.5, 0.6) is 0 Å². The summed E-state index contributed by atoms with van der Waals surface area (Å²) in [7, 11) is 0. The van der Waals surface area contributed by atoms with Crippen molar-refractivity contribution in [2.45, 2.75) is 64.0 Å². The molecule has 1 saturated carbocycles. The Morgan fingerprint density at radius 1 is 1.23 bits per heavy atom. The van der Waals surface area contributed by atoms with Crippen LogP contribution in [0.1, 0.15) is 46.5 Å². The molecule has 0 aromatic heterocycles. The standard InChI is InChI=1S/C10H19F2N/c1-9(2,3)13-8-6-4-5-7-10(8,11)12/h8,13H,4-7H2,1-3H3. The fraction of sp³-hybridized carbons (Fsp3) is 1.00. The molecule has 1 nitrogen and oxygen atoms in total. The van der Waals surface area contributed by atoms with E-state index in [1.165, 1.54) is 0 Å². The Labute approximate surface area is 78.9 Å². The molecule has 13 heavy (non-hydrogen) atoms. The van der Waals surface area contributed by atoms with Crippen molar-refractivity contribution in [3.8, 4) is 0 Å². The summed E-state index contributed by atoms with van der Waals surface area (Å²) in [5.74, 6) is -2.51. The van der Waals surface area contributed by atoms with E-state index in [0.29, 0.717) is 12.8 Å². The van der Waals surface area contributed by atoms with Gasteiger partial charge >= 0.3 is 0 Å². The van der Waals surface area contributed by atoms with E-state index in [1.54, 1.807) is 0 Å². The minimum atomic E-state index is -2.51. The molecule has 1 aliphatic carbocycles. The number of nitrogens with one attached hydrogen (secondary N) is 1. The molecule has 0 bridgehead atoms. The molecule has 0 saturated heterocycles. The third kappa shape index (κ3) is 3.22. The van der Waals surface area contributed by atoms with Crippen LogP contribution < -0.4 is 5.32 Å². The minimum absolute atomic E-state index is 0.0424. The minimum Gasteiger partial charge on any atom is -0.304 e. The lowest BCUT2D eigenvalue weighted by molar-refractivity contribution is -0.0700. The maximum absolute atomic E-state index is 13.3. The molecule has 1 rings (SSSR count). The second-order valence-electron chi connectivity index (χ2n) is 4.95. The van der Waals surface area contributed by atoms with Gasteiger partial charge in [0, 0.05) is 12.0 Å². The highest BCUT2D eigenvalue weighted by Gasteiger charge is 2.42. The van der Waals surface area contributed by atoms with Gasteiger partial charge in [-0.05, 0) is 33.6 Å². The number of halogens is 2. The van der Waals surface area contributed by atoms with E-state index in [1.807, 2.05) is 20.8 Å². The van der Waals surface area contributed by atoms with Crippen molar-refractivity contribution in [2.24, 2.45) is 0 Å². The van der Waals surface area contributed by atoms with Gasteiger partial charge in [0.2, 0.25) is 0 Å². The van der Waals surface area contributed by atoms with Crippen LogP contribution in [0.3, 0.4) is 0 Å². The van der Waals surface area contributed by atoms with Crippen LogP contribution in [0.25, 0.3) is 0 Å². The van der Waals surface area contributed by atoms with Crippen molar-refractivity contribution in [2.75, 3.05) is 0 Å². The molecule has 1 N–H and O–H groups in total.